The van der Waals surface area contributed by atoms with E-state index in [4.69, 9.17) is 0 Å². The van der Waals surface area contributed by atoms with Gasteiger partial charge in [0.05, 0.1) is 12.2 Å². The summed E-state index contributed by atoms with van der Waals surface area (Å²) in [6.45, 7) is 21.6. The van der Waals surface area contributed by atoms with Crippen molar-refractivity contribution in [2.45, 2.75) is 101 Å². The Bertz CT molecular complexity index is 1270. The first-order valence-electron chi connectivity index (χ1n) is 15.4. The van der Waals surface area contributed by atoms with E-state index < -0.39 is 0 Å². The van der Waals surface area contributed by atoms with Gasteiger partial charge in [0.25, 0.3) is 0 Å². The van der Waals surface area contributed by atoms with Gasteiger partial charge in [0.15, 0.2) is 0 Å². The molecule has 0 spiro atoms. The second-order valence-electron chi connectivity index (χ2n) is 13.7. The average Bonchev–Trinajstić information content (AvgIpc) is 2.84. The zero-order valence-corrected chi connectivity index (χ0v) is 27.9. The van der Waals surface area contributed by atoms with Crippen LogP contribution in [0.1, 0.15) is 88.5 Å². The van der Waals surface area contributed by atoms with Crippen LogP contribution >= 0.6 is 0 Å². The lowest BCUT2D eigenvalue weighted by Crippen LogP contribution is -2.32. The van der Waals surface area contributed by atoms with Gasteiger partial charge in [-0.2, -0.15) is 0 Å². The Labute approximate surface area is 257 Å². The van der Waals surface area contributed by atoms with Gasteiger partial charge in [0, 0.05) is 5.92 Å². The van der Waals surface area contributed by atoms with Crippen molar-refractivity contribution < 1.29 is 10.2 Å². The molecule has 2 aliphatic rings. The van der Waals surface area contributed by atoms with E-state index in [-0.39, 0.29) is 23.0 Å². The van der Waals surface area contributed by atoms with Crippen LogP contribution in [-0.4, -0.2) is 22.4 Å². The van der Waals surface area contributed by atoms with Crippen LogP contribution < -0.4 is 0 Å². The van der Waals surface area contributed by atoms with E-state index in [2.05, 4.69) is 154 Å². The van der Waals surface area contributed by atoms with Gasteiger partial charge in [-0.05, 0) is 77.2 Å². The summed E-state index contributed by atoms with van der Waals surface area (Å²) < 4.78 is 0. The molecular formula is C40H56O2. The van der Waals surface area contributed by atoms with Gasteiger partial charge in [0.2, 0.25) is 0 Å². The summed E-state index contributed by atoms with van der Waals surface area (Å²) in [5, 5.41) is 20.2. The fraction of sp³-hybridized carbons (Fsp3) is 0.450. The molecule has 0 radical (unpaired) electrons. The summed E-state index contributed by atoms with van der Waals surface area (Å²) in [5.74, 6) is 0.348. The quantitative estimate of drug-likeness (QED) is 0.203. The Morgan fingerprint density at radius 3 is 1.74 bits per heavy atom. The number of hydrogen-bond acceptors (Lipinski definition) is 2. The second-order valence-corrected chi connectivity index (χ2v) is 13.7. The molecule has 2 nitrogen and oxygen atoms in total. The second kappa shape index (κ2) is 16.1. The van der Waals surface area contributed by atoms with Crippen LogP contribution in [0.15, 0.2) is 130 Å². The maximum absolute atomic E-state index is 10.1. The lowest BCUT2D eigenvalue weighted by Gasteiger charge is -2.38. The molecule has 2 N–H and O–H groups in total. The molecule has 0 aromatic heterocycles. The first kappa shape index (κ1) is 35.3. The minimum atomic E-state index is -0.331. The third-order valence-electron chi connectivity index (χ3n) is 8.33. The van der Waals surface area contributed by atoms with Crippen molar-refractivity contribution in [2.24, 2.45) is 16.7 Å². The van der Waals surface area contributed by atoms with E-state index in [9.17, 15) is 10.2 Å². The van der Waals surface area contributed by atoms with Crippen molar-refractivity contribution in [3.63, 3.8) is 0 Å². The van der Waals surface area contributed by atoms with Gasteiger partial charge in [-0.15, -0.1) is 0 Å². The summed E-state index contributed by atoms with van der Waals surface area (Å²) in [6.07, 6.45) is 33.8. The Balaban J connectivity index is 1.90. The van der Waals surface area contributed by atoms with E-state index in [1.807, 2.05) is 6.08 Å². The molecule has 0 heterocycles. The van der Waals surface area contributed by atoms with Crippen molar-refractivity contribution in [3.05, 3.63) is 130 Å². The highest BCUT2D eigenvalue weighted by Gasteiger charge is 2.34. The minimum absolute atomic E-state index is 0.00528. The van der Waals surface area contributed by atoms with Crippen LogP contribution in [0.2, 0.25) is 0 Å². The van der Waals surface area contributed by atoms with Crippen molar-refractivity contribution in [1.82, 2.24) is 0 Å². The van der Waals surface area contributed by atoms with Gasteiger partial charge in [-0.3, -0.25) is 0 Å². The van der Waals surface area contributed by atoms with E-state index >= 15 is 0 Å². The summed E-state index contributed by atoms with van der Waals surface area (Å²) in [7, 11) is 0. The molecule has 0 unspecified atom stereocenters. The van der Waals surface area contributed by atoms with Gasteiger partial charge in [0.1, 0.15) is 0 Å². The average molecular weight is 569 g/mol. The van der Waals surface area contributed by atoms with Crippen LogP contribution in [-0.2, 0) is 0 Å². The monoisotopic (exact) mass is 568 g/mol. The molecule has 0 amide bonds. The third kappa shape index (κ3) is 11.7. The fourth-order valence-corrected chi connectivity index (χ4v) is 6.14. The topological polar surface area (TPSA) is 40.5 Å². The van der Waals surface area contributed by atoms with Gasteiger partial charge in [-0.25, -0.2) is 0 Å². The maximum Gasteiger partial charge on any atom is 0.0729 e. The minimum Gasteiger partial charge on any atom is -0.393 e. The van der Waals surface area contributed by atoms with E-state index in [1.54, 1.807) is 0 Å². The number of aliphatic hydroxyl groups excluding tert-OH is 2. The molecule has 0 aromatic carbocycles. The molecule has 0 saturated heterocycles. The molecule has 3 atom stereocenters. The lowest BCUT2D eigenvalue weighted by molar-refractivity contribution is 0.116. The van der Waals surface area contributed by atoms with Crippen LogP contribution in [0.4, 0.5) is 0 Å². The third-order valence-corrected chi connectivity index (χ3v) is 8.33. The molecule has 0 aliphatic heterocycles. The molecule has 228 valence electrons. The highest BCUT2D eigenvalue weighted by molar-refractivity contribution is 5.38. The largest absolute Gasteiger partial charge is 0.393 e. The first-order chi connectivity index (χ1) is 19.6. The number of hydrogen-bond donors (Lipinski definition) is 2. The fourth-order valence-electron chi connectivity index (χ4n) is 6.14. The molecule has 42 heavy (non-hydrogen) atoms. The molecule has 0 saturated carbocycles. The van der Waals surface area contributed by atoms with Crippen LogP contribution in [0.25, 0.3) is 0 Å². The summed E-state index contributed by atoms with van der Waals surface area (Å²) >= 11 is 0. The summed E-state index contributed by atoms with van der Waals surface area (Å²) in [6, 6.07) is 0. The number of aliphatic hydroxyl groups is 2. The predicted octanol–water partition coefficient (Wildman–Crippen LogP) is 10.4. The Hall–Kier alpha value is -2.94. The first-order valence-corrected chi connectivity index (χ1v) is 15.4. The predicted molar refractivity (Wildman–Crippen MR) is 184 cm³/mol. The molecule has 0 fully saturated rings. The normalized spacial score (nSPS) is 26.6. The van der Waals surface area contributed by atoms with Crippen molar-refractivity contribution in [3.8, 4) is 0 Å². The van der Waals surface area contributed by atoms with E-state index in [0.29, 0.717) is 5.92 Å². The van der Waals surface area contributed by atoms with Gasteiger partial charge < -0.3 is 10.2 Å². The molecular weight excluding hydrogens is 512 g/mol. The maximum atomic E-state index is 10.1. The Morgan fingerprint density at radius 2 is 1.21 bits per heavy atom. The highest BCUT2D eigenvalue weighted by Crippen LogP contribution is 2.42. The van der Waals surface area contributed by atoms with Crippen molar-refractivity contribution in [1.29, 1.82) is 0 Å². The molecule has 0 bridgehead atoms. The molecule has 2 rings (SSSR count). The van der Waals surface area contributed by atoms with Crippen molar-refractivity contribution >= 4 is 0 Å². The van der Waals surface area contributed by atoms with Crippen LogP contribution in [0.3, 0.4) is 0 Å². The lowest BCUT2D eigenvalue weighted by atomic mass is 9.67. The Morgan fingerprint density at radius 1 is 0.714 bits per heavy atom. The zero-order chi connectivity index (χ0) is 31.5. The van der Waals surface area contributed by atoms with E-state index in [1.165, 1.54) is 39.0 Å². The standard InChI is InChI=1S/C40H56O2/c1-29(17-13-19-31(3)21-23-37-33(5)25-35(41)27-39(37,7)8)15-11-12-16-30(2)18-14-20-32(4)22-24-38-34(6)26-36(42)28-40(38,9)10/h11-25,35-37,41-42H,26-28H2,1-10H3/b12-11+,17-13+,18-14+,23-21+,24-22+,29-15+,30-16-,31-19+,32-20+/t35-,36+,37+/m0/s1. The molecule has 0 aromatic rings. The van der Waals surface area contributed by atoms with Crippen LogP contribution in [0.5, 0.6) is 0 Å². The number of rotatable bonds is 10. The Kier molecular flexibility index (Phi) is 13.5. The SMILES string of the molecule is CC1=C[C@H](O)CC(C)(C)[C@@H]1/C=C/C(C)=C/C=C/C(C)=C/C=C/C=C(C)\C=C\C=C(C)\C=C\C1=C(C)C[C@@H](O)CC1(C)C. The molecule has 2 heteroatoms. The summed E-state index contributed by atoms with van der Waals surface area (Å²) in [5.41, 5.74) is 8.73. The van der Waals surface area contributed by atoms with Gasteiger partial charge >= 0.3 is 0 Å². The van der Waals surface area contributed by atoms with Crippen molar-refractivity contribution in [2.75, 3.05) is 0 Å². The highest BCUT2D eigenvalue weighted by atomic mass is 16.3. The number of allylic oxidation sites excluding steroid dienone is 20. The van der Waals surface area contributed by atoms with Gasteiger partial charge in [-0.1, -0.05) is 152 Å². The van der Waals surface area contributed by atoms with Crippen LogP contribution in [0, 0.1) is 16.7 Å². The zero-order valence-electron chi connectivity index (χ0n) is 27.9. The summed E-state index contributed by atoms with van der Waals surface area (Å²) in [4.78, 5) is 0. The van der Waals surface area contributed by atoms with E-state index in [0.717, 1.165) is 19.3 Å². The molecule has 2 aliphatic carbocycles. The smallest absolute Gasteiger partial charge is 0.0729 e.